The number of nitrogens with zero attached hydrogens (tertiary/aromatic N) is 1. The van der Waals surface area contributed by atoms with E-state index in [-0.39, 0.29) is 11.1 Å². The number of imide groups is 1. The van der Waals surface area contributed by atoms with Crippen LogP contribution in [0.5, 0.6) is 5.75 Å². The van der Waals surface area contributed by atoms with Crippen LogP contribution < -0.4 is 9.64 Å². The van der Waals surface area contributed by atoms with Crippen molar-refractivity contribution < 1.29 is 14.3 Å². The van der Waals surface area contributed by atoms with E-state index in [1.807, 2.05) is 18.2 Å². The first kappa shape index (κ1) is 17.5. The quantitative estimate of drug-likeness (QED) is 0.411. The molecule has 2 aromatic carbocycles. The average Bonchev–Trinajstić information content (AvgIpc) is 2.82. The van der Waals surface area contributed by atoms with Gasteiger partial charge in [-0.2, -0.15) is 0 Å². The molecule has 122 valence electrons. The molecule has 7 heteroatoms. The molecular formula is C17H11BrINO3S. The van der Waals surface area contributed by atoms with E-state index in [4.69, 9.17) is 4.74 Å². The van der Waals surface area contributed by atoms with Gasteiger partial charge in [0.2, 0.25) is 0 Å². The Bertz CT molecular complexity index is 831. The van der Waals surface area contributed by atoms with Crippen LogP contribution in [0.3, 0.4) is 0 Å². The fourth-order valence-electron chi connectivity index (χ4n) is 2.28. The number of ether oxygens (including phenoxy) is 1. The number of hydrogen-bond acceptors (Lipinski definition) is 4. The number of benzene rings is 2. The predicted molar refractivity (Wildman–Crippen MR) is 108 cm³/mol. The summed E-state index contributed by atoms with van der Waals surface area (Å²) in [6, 6.07) is 12.7. The van der Waals surface area contributed by atoms with Crippen LogP contribution in [-0.4, -0.2) is 18.3 Å². The fourth-order valence-corrected chi connectivity index (χ4v) is 5.00. The van der Waals surface area contributed by atoms with Gasteiger partial charge in [0, 0.05) is 0 Å². The van der Waals surface area contributed by atoms with Gasteiger partial charge in [-0.1, -0.05) is 18.2 Å². The summed E-state index contributed by atoms with van der Waals surface area (Å²) in [6.07, 6.45) is 1.72. The van der Waals surface area contributed by atoms with Gasteiger partial charge < -0.3 is 4.74 Å². The standard InChI is InChI=1S/C17H11BrINO3S/c1-23-15-12(18)7-10(8-13(15)19)9-14-16(21)20(17(22)24-14)11-5-3-2-4-6-11/h2-9H,1H3/b14-9-. The molecule has 1 fully saturated rings. The zero-order chi connectivity index (χ0) is 17.3. The number of carbonyl (C=O) groups excluding carboxylic acids is 2. The van der Waals surface area contributed by atoms with Gasteiger partial charge in [0.15, 0.2) is 0 Å². The van der Waals surface area contributed by atoms with Gasteiger partial charge in [0.25, 0.3) is 11.1 Å². The molecule has 2 aromatic rings. The lowest BCUT2D eigenvalue weighted by Gasteiger charge is -2.11. The summed E-state index contributed by atoms with van der Waals surface area (Å²) in [6.45, 7) is 0. The van der Waals surface area contributed by atoms with Crippen molar-refractivity contribution in [2.45, 2.75) is 0 Å². The summed E-state index contributed by atoms with van der Waals surface area (Å²) in [7, 11) is 1.60. The number of carbonyl (C=O) groups is 2. The summed E-state index contributed by atoms with van der Waals surface area (Å²) in [5.41, 5.74) is 1.40. The Kier molecular flexibility index (Phi) is 5.31. The van der Waals surface area contributed by atoms with Crippen molar-refractivity contribution in [2.75, 3.05) is 12.0 Å². The molecule has 1 aliphatic heterocycles. The second-order valence-corrected chi connectivity index (χ2v) is 7.88. The van der Waals surface area contributed by atoms with E-state index in [1.165, 1.54) is 4.90 Å². The number of hydrogen-bond donors (Lipinski definition) is 0. The van der Waals surface area contributed by atoms with E-state index in [0.29, 0.717) is 10.6 Å². The molecule has 1 aliphatic rings. The van der Waals surface area contributed by atoms with Crippen molar-refractivity contribution in [2.24, 2.45) is 0 Å². The van der Waals surface area contributed by atoms with Crippen molar-refractivity contribution in [1.82, 2.24) is 0 Å². The van der Waals surface area contributed by atoms with Crippen molar-refractivity contribution in [1.29, 1.82) is 0 Å². The highest BCUT2D eigenvalue weighted by atomic mass is 127. The molecule has 0 atom stereocenters. The Morgan fingerprint density at radius 3 is 2.54 bits per heavy atom. The van der Waals surface area contributed by atoms with Crippen molar-refractivity contribution in [3.8, 4) is 5.75 Å². The third kappa shape index (κ3) is 3.38. The highest BCUT2D eigenvalue weighted by molar-refractivity contribution is 14.1. The van der Waals surface area contributed by atoms with Crippen LogP contribution in [0.4, 0.5) is 10.5 Å². The number of para-hydroxylation sites is 1. The number of thioether (sulfide) groups is 1. The molecule has 0 unspecified atom stereocenters. The van der Waals surface area contributed by atoms with Crippen molar-refractivity contribution >= 4 is 73.2 Å². The fraction of sp³-hybridized carbons (Fsp3) is 0.0588. The highest BCUT2D eigenvalue weighted by Crippen LogP contribution is 2.37. The Labute approximate surface area is 165 Å². The van der Waals surface area contributed by atoms with E-state index in [2.05, 4.69) is 38.5 Å². The summed E-state index contributed by atoms with van der Waals surface area (Å²) in [5, 5.41) is -0.292. The smallest absolute Gasteiger partial charge is 0.298 e. The largest absolute Gasteiger partial charge is 0.494 e. The Morgan fingerprint density at radius 2 is 1.92 bits per heavy atom. The Morgan fingerprint density at radius 1 is 1.21 bits per heavy atom. The van der Waals surface area contributed by atoms with Crippen molar-refractivity contribution in [3.05, 3.63) is 61.0 Å². The maximum Gasteiger partial charge on any atom is 0.298 e. The van der Waals surface area contributed by atoms with E-state index >= 15 is 0 Å². The van der Waals surface area contributed by atoms with E-state index in [9.17, 15) is 9.59 Å². The van der Waals surface area contributed by atoms with Crippen LogP contribution in [0.1, 0.15) is 5.56 Å². The normalized spacial score (nSPS) is 16.1. The summed E-state index contributed by atoms with van der Waals surface area (Å²) in [5.74, 6) is 0.434. The van der Waals surface area contributed by atoms with Gasteiger partial charge in [0.05, 0.1) is 25.7 Å². The van der Waals surface area contributed by atoms with Crippen LogP contribution in [0.2, 0.25) is 0 Å². The van der Waals surface area contributed by atoms with Gasteiger partial charge in [-0.05, 0) is 86.2 Å². The van der Waals surface area contributed by atoms with Crippen LogP contribution in [0.15, 0.2) is 51.8 Å². The van der Waals surface area contributed by atoms with Gasteiger partial charge >= 0.3 is 0 Å². The molecule has 0 saturated carbocycles. The highest BCUT2D eigenvalue weighted by Gasteiger charge is 2.36. The monoisotopic (exact) mass is 515 g/mol. The molecular weight excluding hydrogens is 505 g/mol. The number of amides is 2. The first-order valence-electron chi connectivity index (χ1n) is 6.87. The zero-order valence-corrected chi connectivity index (χ0v) is 17.0. The van der Waals surface area contributed by atoms with Gasteiger partial charge in [-0.15, -0.1) is 0 Å². The SMILES string of the molecule is COc1c(Br)cc(/C=C2\SC(=O)N(c3ccccc3)C2=O)cc1I. The second kappa shape index (κ2) is 7.28. The molecule has 24 heavy (non-hydrogen) atoms. The molecule has 1 saturated heterocycles. The predicted octanol–water partition coefficient (Wildman–Crippen LogP) is 5.30. The molecule has 0 spiro atoms. The number of anilines is 1. The lowest BCUT2D eigenvalue weighted by molar-refractivity contribution is -0.113. The first-order valence-corrected chi connectivity index (χ1v) is 9.56. The Balaban J connectivity index is 1.95. The first-order chi connectivity index (χ1) is 11.5. The number of methoxy groups -OCH3 is 1. The summed E-state index contributed by atoms with van der Waals surface area (Å²) >= 11 is 6.57. The maximum absolute atomic E-state index is 12.6. The average molecular weight is 516 g/mol. The van der Waals surface area contributed by atoms with Crippen LogP contribution >= 0.6 is 50.3 Å². The topological polar surface area (TPSA) is 46.6 Å². The number of halogens is 2. The number of rotatable bonds is 3. The molecule has 0 aliphatic carbocycles. The molecule has 0 bridgehead atoms. The molecule has 4 nitrogen and oxygen atoms in total. The Hall–Kier alpha value is -1.32. The zero-order valence-electron chi connectivity index (χ0n) is 12.5. The van der Waals surface area contributed by atoms with Crippen LogP contribution in [0.25, 0.3) is 6.08 Å². The minimum Gasteiger partial charge on any atom is -0.494 e. The molecule has 2 amide bonds. The second-order valence-electron chi connectivity index (χ2n) is 4.87. The molecule has 0 aromatic heterocycles. The molecule has 0 N–H and O–H groups in total. The minimum atomic E-state index is -0.307. The third-order valence-corrected chi connectivity index (χ3v) is 5.59. The summed E-state index contributed by atoms with van der Waals surface area (Å²) in [4.78, 5) is 26.4. The molecule has 1 heterocycles. The van der Waals surface area contributed by atoms with E-state index in [0.717, 1.165) is 31.1 Å². The van der Waals surface area contributed by atoms with E-state index in [1.54, 1.807) is 37.5 Å². The molecule has 3 rings (SSSR count). The van der Waals surface area contributed by atoms with E-state index < -0.39 is 0 Å². The van der Waals surface area contributed by atoms with Gasteiger partial charge in [0.1, 0.15) is 5.75 Å². The van der Waals surface area contributed by atoms with Gasteiger partial charge in [-0.25, -0.2) is 4.90 Å². The lowest BCUT2D eigenvalue weighted by atomic mass is 10.2. The molecule has 0 radical (unpaired) electrons. The van der Waals surface area contributed by atoms with Gasteiger partial charge in [-0.3, -0.25) is 9.59 Å². The minimum absolute atomic E-state index is 0.292. The lowest BCUT2D eigenvalue weighted by Crippen LogP contribution is -2.27. The maximum atomic E-state index is 12.6. The van der Waals surface area contributed by atoms with Crippen molar-refractivity contribution in [3.63, 3.8) is 0 Å². The van der Waals surface area contributed by atoms with Crippen LogP contribution in [-0.2, 0) is 4.79 Å². The summed E-state index contributed by atoms with van der Waals surface area (Å²) < 4.78 is 7.02. The third-order valence-electron chi connectivity index (χ3n) is 3.33. The van der Waals surface area contributed by atoms with Crippen LogP contribution in [0, 0.1) is 3.57 Å².